The molecule has 0 aromatic heterocycles. The van der Waals surface area contributed by atoms with Crippen molar-refractivity contribution >= 4 is 5.91 Å². The summed E-state index contributed by atoms with van der Waals surface area (Å²) in [5, 5.41) is 11.9. The van der Waals surface area contributed by atoms with Crippen LogP contribution < -0.4 is 5.32 Å². The molecule has 21 heavy (non-hydrogen) atoms. The zero-order valence-electron chi connectivity index (χ0n) is 12.2. The molecule has 1 amide bonds. The zero-order chi connectivity index (χ0) is 14.9. The first-order chi connectivity index (χ1) is 10.3. The summed E-state index contributed by atoms with van der Waals surface area (Å²) >= 11 is 0. The van der Waals surface area contributed by atoms with Crippen molar-refractivity contribution in [1.82, 2.24) is 15.1 Å². The van der Waals surface area contributed by atoms with Gasteiger partial charge in [0.15, 0.2) is 0 Å². The Morgan fingerprint density at radius 3 is 2.38 bits per heavy atom. The molecule has 0 spiro atoms. The van der Waals surface area contributed by atoms with E-state index in [4.69, 9.17) is 14.7 Å². The number of carbonyl (C=O) groups excluding carboxylic acids is 1. The van der Waals surface area contributed by atoms with Crippen LogP contribution in [0.25, 0.3) is 0 Å². The van der Waals surface area contributed by atoms with E-state index in [1.807, 2.05) is 11.0 Å². The van der Waals surface area contributed by atoms with Crippen LogP contribution in [0, 0.1) is 11.3 Å². The topological polar surface area (TPSA) is 77.8 Å². The molecule has 2 aliphatic rings. The highest BCUT2D eigenvalue weighted by atomic mass is 16.5. The molecule has 2 fully saturated rings. The summed E-state index contributed by atoms with van der Waals surface area (Å²) in [6, 6.07) is 1.97. The van der Waals surface area contributed by atoms with E-state index in [1.54, 1.807) is 6.20 Å². The minimum Gasteiger partial charge on any atom is -0.379 e. The number of amides is 1. The smallest absolute Gasteiger partial charge is 0.263 e. The Hall–Kier alpha value is -1.62. The maximum atomic E-state index is 12.0. The summed E-state index contributed by atoms with van der Waals surface area (Å²) < 4.78 is 10.5. The van der Waals surface area contributed by atoms with Gasteiger partial charge >= 0.3 is 0 Å². The predicted octanol–water partition coefficient (Wildman–Crippen LogP) is -0.826. The molecular formula is C14H22N4O3. The molecule has 2 rings (SSSR count). The van der Waals surface area contributed by atoms with Crippen LogP contribution >= 0.6 is 0 Å². The fourth-order valence-corrected chi connectivity index (χ4v) is 2.27. The van der Waals surface area contributed by atoms with Gasteiger partial charge in [-0.1, -0.05) is 0 Å². The summed E-state index contributed by atoms with van der Waals surface area (Å²) in [4.78, 5) is 16.2. The molecule has 0 aromatic carbocycles. The van der Waals surface area contributed by atoms with E-state index in [0.717, 1.165) is 32.8 Å². The second kappa shape index (κ2) is 8.62. The van der Waals surface area contributed by atoms with E-state index in [-0.39, 0.29) is 11.5 Å². The minimum atomic E-state index is -0.308. The fraction of sp³-hybridized carbons (Fsp3) is 0.714. The highest BCUT2D eigenvalue weighted by molar-refractivity contribution is 5.97. The van der Waals surface area contributed by atoms with Crippen molar-refractivity contribution in [3.63, 3.8) is 0 Å². The molecule has 2 heterocycles. The van der Waals surface area contributed by atoms with Gasteiger partial charge in [0.2, 0.25) is 0 Å². The van der Waals surface area contributed by atoms with Crippen LogP contribution in [0.3, 0.4) is 0 Å². The summed E-state index contributed by atoms with van der Waals surface area (Å²) in [6.07, 6.45) is 1.63. The van der Waals surface area contributed by atoms with E-state index in [0.29, 0.717) is 32.8 Å². The average molecular weight is 294 g/mol. The number of morpholine rings is 2. The lowest BCUT2D eigenvalue weighted by atomic mass is 10.2. The lowest BCUT2D eigenvalue weighted by Gasteiger charge is -2.26. The van der Waals surface area contributed by atoms with Crippen LogP contribution in [0.4, 0.5) is 0 Å². The van der Waals surface area contributed by atoms with E-state index < -0.39 is 0 Å². The predicted molar refractivity (Wildman–Crippen MR) is 76.4 cm³/mol. The van der Waals surface area contributed by atoms with Crippen LogP contribution in [0.15, 0.2) is 11.8 Å². The van der Waals surface area contributed by atoms with Crippen LogP contribution in [0.5, 0.6) is 0 Å². The van der Waals surface area contributed by atoms with Crippen molar-refractivity contribution in [2.45, 2.75) is 0 Å². The molecule has 7 nitrogen and oxygen atoms in total. The van der Waals surface area contributed by atoms with Crippen LogP contribution in [-0.2, 0) is 14.3 Å². The first-order valence-electron chi connectivity index (χ1n) is 7.31. The molecule has 2 aliphatic heterocycles. The lowest BCUT2D eigenvalue weighted by molar-refractivity contribution is -0.117. The molecule has 0 aliphatic carbocycles. The second-order valence-electron chi connectivity index (χ2n) is 5.01. The van der Waals surface area contributed by atoms with Gasteiger partial charge in [-0.05, 0) is 0 Å². The molecule has 0 radical (unpaired) electrons. The Labute approximate surface area is 125 Å². The van der Waals surface area contributed by atoms with Crippen molar-refractivity contribution in [2.75, 3.05) is 65.7 Å². The Bertz CT molecular complexity index is 407. The quantitative estimate of drug-likeness (QED) is 0.527. The van der Waals surface area contributed by atoms with E-state index in [9.17, 15) is 4.79 Å². The highest BCUT2D eigenvalue weighted by Gasteiger charge is 2.14. The average Bonchev–Trinajstić information content (AvgIpc) is 2.54. The Morgan fingerprint density at radius 2 is 1.76 bits per heavy atom. The van der Waals surface area contributed by atoms with Gasteiger partial charge in [-0.15, -0.1) is 0 Å². The Balaban J connectivity index is 1.74. The van der Waals surface area contributed by atoms with E-state index in [1.165, 1.54) is 0 Å². The zero-order valence-corrected chi connectivity index (χ0v) is 12.2. The monoisotopic (exact) mass is 294 g/mol. The van der Waals surface area contributed by atoms with Crippen LogP contribution in [0.1, 0.15) is 0 Å². The largest absolute Gasteiger partial charge is 0.379 e. The molecular weight excluding hydrogens is 272 g/mol. The third kappa shape index (κ3) is 5.34. The van der Waals surface area contributed by atoms with Crippen molar-refractivity contribution in [3.8, 4) is 6.07 Å². The first-order valence-corrected chi connectivity index (χ1v) is 7.31. The molecule has 0 unspecified atom stereocenters. The maximum absolute atomic E-state index is 12.0. The number of rotatable bonds is 5. The van der Waals surface area contributed by atoms with E-state index in [2.05, 4.69) is 10.2 Å². The first kappa shape index (κ1) is 15.8. The van der Waals surface area contributed by atoms with Crippen molar-refractivity contribution in [1.29, 1.82) is 5.26 Å². The van der Waals surface area contributed by atoms with Gasteiger partial charge in [0.25, 0.3) is 5.91 Å². The minimum absolute atomic E-state index is 0.152. The van der Waals surface area contributed by atoms with Gasteiger partial charge in [0, 0.05) is 45.5 Å². The molecule has 0 aromatic rings. The summed E-state index contributed by atoms with van der Waals surface area (Å²) in [5.74, 6) is -0.308. The second-order valence-corrected chi connectivity index (χ2v) is 5.01. The SMILES string of the molecule is N#C/C(=C/N1CCOCC1)C(=O)NCCN1CCOCC1. The standard InChI is InChI=1S/C14H22N4O3/c15-11-13(12-18-5-9-21-10-6-18)14(19)16-1-2-17-3-7-20-8-4-17/h12H,1-10H2,(H,16,19)/b13-12-. The van der Waals surface area contributed by atoms with Gasteiger partial charge in [0.05, 0.1) is 26.4 Å². The summed E-state index contributed by atoms with van der Waals surface area (Å²) in [5.41, 5.74) is 0.152. The Morgan fingerprint density at radius 1 is 1.14 bits per heavy atom. The normalized spacial score (nSPS) is 20.9. The van der Waals surface area contributed by atoms with Crippen LogP contribution in [0.2, 0.25) is 0 Å². The highest BCUT2D eigenvalue weighted by Crippen LogP contribution is 2.02. The molecule has 116 valence electrons. The van der Waals surface area contributed by atoms with Crippen molar-refractivity contribution in [2.24, 2.45) is 0 Å². The molecule has 0 atom stereocenters. The lowest BCUT2D eigenvalue weighted by Crippen LogP contribution is -2.41. The van der Waals surface area contributed by atoms with Gasteiger partial charge in [-0.3, -0.25) is 9.69 Å². The maximum Gasteiger partial charge on any atom is 0.263 e. The number of carbonyl (C=O) groups is 1. The number of ether oxygens (including phenoxy) is 2. The molecule has 0 saturated carbocycles. The van der Waals surface area contributed by atoms with E-state index >= 15 is 0 Å². The summed E-state index contributed by atoms with van der Waals surface area (Å²) in [7, 11) is 0. The third-order valence-electron chi connectivity index (χ3n) is 3.54. The Kier molecular flexibility index (Phi) is 6.47. The van der Waals surface area contributed by atoms with Gasteiger partial charge in [0.1, 0.15) is 11.6 Å². The molecule has 0 bridgehead atoms. The number of hydrogen-bond acceptors (Lipinski definition) is 6. The molecule has 2 saturated heterocycles. The fourth-order valence-electron chi connectivity index (χ4n) is 2.27. The summed E-state index contributed by atoms with van der Waals surface area (Å²) in [6.45, 7) is 7.30. The molecule has 1 N–H and O–H groups in total. The van der Waals surface area contributed by atoms with Gasteiger partial charge in [-0.2, -0.15) is 5.26 Å². The third-order valence-corrected chi connectivity index (χ3v) is 3.54. The number of nitrogens with one attached hydrogen (secondary N) is 1. The van der Waals surface area contributed by atoms with Crippen molar-refractivity contribution < 1.29 is 14.3 Å². The molecule has 7 heteroatoms. The van der Waals surface area contributed by atoms with Crippen LogP contribution in [-0.4, -0.2) is 81.4 Å². The number of nitrogens with zero attached hydrogens (tertiary/aromatic N) is 3. The van der Waals surface area contributed by atoms with Crippen molar-refractivity contribution in [3.05, 3.63) is 11.8 Å². The number of hydrogen-bond donors (Lipinski definition) is 1. The van der Waals surface area contributed by atoms with Gasteiger partial charge < -0.3 is 19.7 Å². The number of nitriles is 1. The van der Waals surface area contributed by atoms with Gasteiger partial charge in [-0.25, -0.2) is 0 Å².